The molecule has 0 atom stereocenters. The standard InChI is InChI=1S/C16H11FN4OS/c17-12-8-6-11(7-9-12)15-20-21-14(18-19-16(21)23-15)10-22-13-4-2-1-3-5-13/h1-9H,10H2. The summed E-state index contributed by atoms with van der Waals surface area (Å²) in [6.45, 7) is 0.276. The van der Waals surface area contributed by atoms with Crippen molar-refractivity contribution in [1.29, 1.82) is 0 Å². The topological polar surface area (TPSA) is 52.3 Å². The van der Waals surface area contributed by atoms with Crippen LogP contribution >= 0.6 is 11.3 Å². The molecule has 0 fully saturated rings. The van der Waals surface area contributed by atoms with E-state index < -0.39 is 0 Å². The van der Waals surface area contributed by atoms with Crippen LogP contribution in [0.25, 0.3) is 15.5 Å². The summed E-state index contributed by atoms with van der Waals surface area (Å²) in [6.07, 6.45) is 0. The average Bonchev–Trinajstić information content (AvgIpc) is 3.15. The molecule has 0 aliphatic heterocycles. The summed E-state index contributed by atoms with van der Waals surface area (Å²) in [5, 5.41) is 13.5. The van der Waals surface area contributed by atoms with Crippen molar-refractivity contribution < 1.29 is 9.13 Å². The number of fused-ring (bicyclic) bond motifs is 1. The first-order valence-corrected chi connectivity index (χ1v) is 7.76. The first-order chi connectivity index (χ1) is 11.3. The fraction of sp³-hybridized carbons (Fsp3) is 0.0625. The summed E-state index contributed by atoms with van der Waals surface area (Å²) >= 11 is 1.40. The molecule has 0 unspecified atom stereocenters. The van der Waals surface area contributed by atoms with E-state index in [0.717, 1.165) is 16.3 Å². The average molecular weight is 326 g/mol. The highest BCUT2D eigenvalue weighted by atomic mass is 32.1. The molecule has 0 radical (unpaired) electrons. The minimum Gasteiger partial charge on any atom is -0.486 e. The zero-order valence-corrected chi connectivity index (χ0v) is 12.7. The Morgan fingerprint density at radius 1 is 1.00 bits per heavy atom. The molecule has 114 valence electrons. The third kappa shape index (κ3) is 2.78. The van der Waals surface area contributed by atoms with Gasteiger partial charge in [-0.3, -0.25) is 0 Å². The van der Waals surface area contributed by atoms with Crippen molar-refractivity contribution in [3.8, 4) is 16.3 Å². The predicted octanol–water partition coefficient (Wildman–Crippen LogP) is 3.57. The zero-order valence-electron chi connectivity index (χ0n) is 11.9. The molecule has 5 nitrogen and oxygen atoms in total. The third-order valence-electron chi connectivity index (χ3n) is 3.26. The second-order valence-corrected chi connectivity index (χ2v) is 5.78. The Kier molecular flexibility index (Phi) is 3.47. The number of halogens is 1. The smallest absolute Gasteiger partial charge is 0.235 e. The van der Waals surface area contributed by atoms with Crippen molar-refractivity contribution in [2.45, 2.75) is 6.61 Å². The predicted molar refractivity (Wildman–Crippen MR) is 84.8 cm³/mol. The lowest BCUT2D eigenvalue weighted by Crippen LogP contribution is -2.02. The van der Waals surface area contributed by atoms with E-state index in [2.05, 4.69) is 15.3 Å². The molecule has 7 heteroatoms. The van der Waals surface area contributed by atoms with Crippen LogP contribution in [0.4, 0.5) is 4.39 Å². The molecule has 0 aliphatic carbocycles. The van der Waals surface area contributed by atoms with Gasteiger partial charge in [0, 0.05) is 5.56 Å². The molecule has 4 aromatic rings. The normalized spacial score (nSPS) is 11.0. The Hall–Kier alpha value is -2.80. The molecule has 2 aromatic carbocycles. The van der Waals surface area contributed by atoms with Crippen LogP contribution in [0.5, 0.6) is 5.75 Å². The van der Waals surface area contributed by atoms with Crippen molar-refractivity contribution in [2.75, 3.05) is 0 Å². The lowest BCUT2D eigenvalue weighted by atomic mass is 10.2. The van der Waals surface area contributed by atoms with Gasteiger partial charge in [0.25, 0.3) is 0 Å². The molecule has 4 rings (SSSR count). The Balaban J connectivity index is 1.60. The third-order valence-corrected chi connectivity index (χ3v) is 4.21. The molecule has 0 aliphatic rings. The number of benzene rings is 2. The molecular weight excluding hydrogens is 315 g/mol. The van der Waals surface area contributed by atoms with Crippen molar-refractivity contribution >= 4 is 16.3 Å². The number of hydrogen-bond acceptors (Lipinski definition) is 5. The maximum absolute atomic E-state index is 13.0. The van der Waals surface area contributed by atoms with E-state index in [1.54, 1.807) is 16.6 Å². The highest BCUT2D eigenvalue weighted by Crippen LogP contribution is 2.25. The maximum Gasteiger partial charge on any atom is 0.235 e. The summed E-state index contributed by atoms with van der Waals surface area (Å²) < 4.78 is 20.4. The minimum absolute atomic E-state index is 0.270. The van der Waals surface area contributed by atoms with Gasteiger partial charge in [-0.15, -0.1) is 10.2 Å². The highest BCUT2D eigenvalue weighted by Gasteiger charge is 2.13. The van der Waals surface area contributed by atoms with Gasteiger partial charge < -0.3 is 4.74 Å². The van der Waals surface area contributed by atoms with Crippen molar-refractivity contribution in [3.63, 3.8) is 0 Å². The molecule has 0 spiro atoms. The second kappa shape index (κ2) is 5.77. The van der Waals surface area contributed by atoms with E-state index >= 15 is 0 Å². The van der Waals surface area contributed by atoms with E-state index in [0.29, 0.717) is 10.8 Å². The Morgan fingerprint density at radius 2 is 1.78 bits per heavy atom. The highest BCUT2D eigenvalue weighted by molar-refractivity contribution is 7.19. The quantitative estimate of drug-likeness (QED) is 0.575. The van der Waals surface area contributed by atoms with Crippen LogP contribution in [0, 0.1) is 5.82 Å². The van der Waals surface area contributed by atoms with E-state index in [4.69, 9.17) is 4.74 Å². The van der Waals surface area contributed by atoms with E-state index in [-0.39, 0.29) is 12.4 Å². The van der Waals surface area contributed by atoms with Gasteiger partial charge in [0.1, 0.15) is 23.2 Å². The molecule has 0 bridgehead atoms. The summed E-state index contributed by atoms with van der Waals surface area (Å²) in [6, 6.07) is 15.7. The Bertz CT molecular complexity index is 934. The van der Waals surface area contributed by atoms with Gasteiger partial charge in [-0.1, -0.05) is 29.5 Å². The second-order valence-electron chi connectivity index (χ2n) is 4.83. The van der Waals surface area contributed by atoms with Gasteiger partial charge >= 0.3 is 0 Å². The molecule has 2 aromatic heterocycles. The summed E-state index contributed by atoms with van der Waals surface area (Å²) in [4.78, 5) is 0.677. The molecule has 23 heavy (non-hydrogen) atoms. The van der Waals surface area contributed by atoms with E-state index in [1.165, 1.54) is 23.5 Å². The van der Waals surface area contributed by atoms with Gasteiger partial charge in [0.15, 0.2) is 5.82 Å². The fourth-order valence-corrected chi connectivity index (χ4v) is 2.98. The van der Waals surface area contributed by atoms with Crippen molar-refractivity contribution in [1.82, 2.24) is 19.8 Å². The van der Waals surface area contributed by atoms with Crippen LogP contribution in [0.15, 0.2) is 54.6 Å². The van der Waals surface area contributed by atoms with Crippen LogP contribution in [-0.4, -0.2) is 19.8 Å². The number of rotatable bonds is 4. The largest absolute Gasteiger partial charge is 0.486 e. The summed E-state index contributed by atoms with van der Waals surface area (Å²) in [5.41, 5.74) is 0.844. The Labute approximate surface area is 135 Å². The van der Waals surface area contributed by atoms with Crippen LogP contribution < -0.4 is 4.74 Å². The van der Waals surface area contributed by atoms with Gasteiger partial charge in [0.05, 0.1) is 0 Å². The summed E-state index contributed by atoms with van der Waals surface area (Å²) in [7, 11) is 0. The number of nitrogens with zero attached hydrogens (tertiary/aromatic N) is 4. The van der Waals surface area contributed by atoms with Crippen LogP contribution in [0.1, 0.15) is 5.82 Å². The minimum atomic E-state index is -0.270. The van der Waals surface area contributed by atoms with Crippen molar-refractivity contribution in [2.24, 2.45) is 0 Å². The zero-order chi connectivity index (χ0) is 15.6. The van der Waals surface area contributed by atoms with Gasteiger partial charge in [-0.2, -0.15) is 9.61 Å². The molecule has 0 saturated heterocycles. The summed E-state index contributed by atoms with van der Waals surface area (Å²) in [5.74, 6) is 1.11. The molecule has 0 amide bonds. The van der Waals surface area contributed by atoms with Crippen LogP contribution in [0.3, 0.4) is 0 Å². The molecule has 0 N–H and O–H groups in total. The lowest BCUT2D eigenvalue weighted by molar-refractivity contribution is 0.293. The number of hydrogen-bond donors (Lipinski definition) is 0. The van der Waals surface area contributed by atoms with Crippen LogP contribution in [0.2, 0.25) is 0 Å². The number of aromatic nitrogens is 4. The monoisotopic (exact) mass is 326 g/mol. The fourth-order valence-electron chi connectivity index (χ4n) is 2.12. The van der Waals surface area contributed by atoms with E-state index in [9.17, 15) is 4.39 Å². The van der Waals surface area contributed by atoms with Gasteiger partial charge in [-0.25, -0.2) is 4.39 Å². The first kappa shape index (κ1) is 13.8. The first-order valence-electron chi connectivity index (χ1n) is 6.94. The van der Waals surface area contributed by atoms with Gasteiger partial charge in [-0.05, 0) is 36.4 Å². The molecule has 0 saturated carbocycles. The molecular formula is C16H11FN4OS. The lowest BCUT2D eigenvalue weighted by Gasteiger charge is -2.02. The maximum atomic E-state index is 13.0. The van der Waals surface area contributed by atoms with E-state index in [1.807, 2.05) is 30.3 Å². The Morgan fingerprint density at radius 3 is 2.57 bits per heavy atom. The molecule has 2 heterocycles. The number of ether oxygens (including phenoxy) is 1. The van der Waals surface area contributed by atoms with Crippen molar-refractivity contribution in [3.05, 3.63) is 66.2 Å². The number of para-hydroxylation sites is 1. The SMILES string of the molecule is Fc1ccc(-c2nn3c(COc4ccccc4)nnc3s2)cc1. The van der Waals surface area contributed by atoms with Crippen LogP contribution in [-0.2, 0) is 6.61 Å². The van der Waals surface area contributed by atoms with Gasteiger partial charge in [0.2, 0.25) is 4.96 Å².